The number of nitrogens with zero attached hydrogens (tertiary/aromatic N) is 2. The molecule has 0 aromatic rings. The van der Waals surface area contributed by atoms with Crippen molar-refractivity contribution >= 4 is 11.8 Å². The maximum absolute atomic E-state index is 13.0. The summed E-state index contributed by atoms with van der Waals surface area (Å²) in [6.07, 6.45) is 13.5. The molecule has 3 saturated carbocycles. The molecule has 1 N–H and O–H groups in total. The number of carbonyl (C=O) groups is 2. The lowest BCUT2D eigenvalue weighted by Gasteiger charge is -2.58. The molecule has 8 atom stereocenters. The summed E-state index contributed by atoms with van der Waals surface area (Å²) in [4.78, 5) is 28.7. The van der Waals surface area contributed by atoms with Crippen molar-refractivity contribution in [1.82, 2.24) is 9.80 Å². The van der Waals surface area contributed by atoms with Gasteiger partial charge in [0.05, 0.1) is 25.8 Å². The van der Waals surface area contributed by atoms with Gasteiger partial charge in [-0.1, -0.05) is 32.4 Å². The normalized spacial score (nSPS) is 42.9. The zero-order chi connectivity index (χ0) is 26.2. The summed E-state index contributed by atoms with van der Waals surface area (Å²) in [5.41, 5.74) is 1.69. The van der Waals surface area contributed by atoms with E-state index in [1.54, 1.807) is 17.4 Å². The number of allylic oxidation sites excluding steroid dienone is 1. The van der Waals surface area contributed by atoms with Crippen LogP contribution in [-0.4, -0.2) is 64.8 Å². The molecule has 0 aromatic heterocycles. The largest absolute Gasteiger partial charge is 0.393 e. The van der Waals surface area contributed by atoms with Gasteiger partial charge in [-0.15, -0.1) is 0 Å². The highest BCUT2D eigenvalue weighted by atomic mass is 16.5. The molecule has 6 nitrogen and oxygen atoms in total. The third kappa shape index (κ3) is 3.94. The summed E-state index contributed by atoms with van der Waals surface area (Å²) in [7, 11) is 0. The highest BCUT2D eigenvalue weighted by molar-refractivity contribution is 5.79. The average molecular weight is 513 g/mol. The van der Waals surface area contributed by atoms with Crippen LogP contribution in [0.15, 0.2) is 11.6 Å². The van der Waals surface area contributed by atoms with Crippen LogP contribution in [0.3, 0.4) is 0 Å². The summed E-state index contributed by atoms with van der Waals surface area (Å²) in [6.45, 7) is 11.3. The first kappa shape index (κ1) is 25.9. The molecule has 0 aromatic carbocycles. The predicted octanol–water partition coefficient (Wildman–Crippen LogP) is 4.76. The lowest BCUT2D eigenvalue weighted by molar-refractivity contribution is -0.194. The molecule has 0 radical (unpaired) electrons. The first-order valence-corrected chi connectivity index (χ1v) is 15.1. The van der Waals surface area contributed by atoms with E-state index < -0.39 is 5.72 Å². The molecule has 2 aliphatic heterocycles. The van der Waals surface area contributed by atoms with E-state index in [2.05, 4.69) is 26.8 Å². The molecule has 2 heterocycles. The van der Waals surface area contributed by atoms with Crippen molar-refractivity contribution in [2.75, 3.05) is 26.2 Å². The van der Waals surface area contributed by atoms with Gasteiger partial charge in [0.25, 0.3) is 0 Å². The summed E-state index contributed by atoms with van der Waals surface area (Å²) in [5, 5.41) is 10.3. The van der Waals surface area contributed by atoms with E-state index >= 15 is 0 Å². The van der Waals surface area contributed by atoms with Crippen LogP contribution in [0, 0.1) is 40.4 Å². The maximum Gasteiger partial charge on any atom is 0.222 e. The number of amides is 2. The molecule has 5 fully saturated rings. The number of hydrogen-bond acceptors (Lipinski definition) is 4. The smallest absolute Gasteiger partial charge is 0.222 e. The third-order valence-corrected chi connectivity index (χ3v) is 12.4. The minimum Gasteiger partial charge on any atom is -0.393 e. The third-order valence-electron chi connectivity index (χ3n) is 12.4. The van der Waals surface area contributed by atoms with Crippen molar-refractivity contribution in [3.8, 4) is 0 Å². The van der Waals surface area contributed by atoms with Crippen molar-refractivity contribution in [2.24, 2.45) is 40.4 Å². The Labute approximate surface area is 223 Å². The molecule has 0 unspecified atom stereocenters. The zero-order valence-corrected chi connectivity index (χ0v) is 23.5. The molecule has 2 saturated heterocycles. The van der Waals surface area contributed by atoms with E-state index in [1.807, 2.05) is 4.90 Å². The molecule has 6 aliphatic rings. The average Bonchev–Trinajstić information content (AvgIpc) is 3.43. The number of likely N-dealkylation sites (tertiary alicyclic amines) is 1. The van der Waals surface area contributed by atoms with E-state index in [1.165, 1.54) is 32.1 Å². The molecule has 0 bridgehead atoms. The van der Waals surface area contributed by atoms with Crippen LogP contribution >= 0.6 is 0 Å². The Balaban J connectivity index is 1.06. The molecule has 6 heteroatoms. The Morgan fingerprint density at radius 3 is 2.68 bits per heavy atom. The number of carbonyl (C=O) groups excluding carboxylic acids is 2. The molecule has 2 amide bonds. The van der Waals surface area contributed by atoms with Gasteiger partial charge in [0.15, 0.2) is 5.72 Å². The molecule has 1 spiro atoms. The standard InChI is InChI=1S/C31H48N2O4/c1-20(5-10-28(36)32-18-31(19-32)33(21(2)34)15-16-37-31)25-8-9-26-24-7-6-22-17-23(35)11-13-29(22,3)27(24)12-14-30(25,26)4/h6,20,23-27,35H,5,7-19H2,1-4H3/t20-,23+,24+,25-,26+,27+,29+,30-/m1/s1. The van der Waals surface area contributed by atoms with Gasteiger partial charge in [-0.05, 0) is 98.2 Å². The number of rotatable bonds is 4. The number of fused-ring (bicyclic) bond motifs is 5. The van der Waals surface area contributed by atoms with Crippen LogP contribution in [0.4, 0.5) is 0 Å². The topological polar surface area (TPSA) is 70.1 Å². The van der Waals surface area contributed by atoms with Gasteiger partial charge in [0.1, 0.15) is 0 Å². The minimum atomic E-state index is -0.556. The van der Waals surface area contributed by atoms with Crippen LogP contribution in [-0.2, 0) is 14.3 Å². The first-order chi connectivity index (χ1) is 17.6. The van der Waals surface area contributed by atoms with Crippen LogP contribution in [0.25, 0.3) is 0 Å². The minimum absolute atomic E-state index is 0.0386. The SMILES string of the molecule is CC(=O)N1CCOC12CN(C(=O)CC[C@@H](C)[C@H]1CC[C@H]3[C@@H]4CC=C5C[C@@H](O)CC[C@]5(C)[C@H]4CC[C@]13C)C2. The fourth-order valence-electron chi connectivity index (χ4n) is 10.4. The van der Waals surface area contributed by atoms with E-state index in [0.29, 0.717) is 55.3 Å². The van der Waals surface area contributed by atoms with Crippen molar-refractivity contribution in [1.29, 1.82) is 0 Å². The molecule has 4 aliphatic carbocycles. The highest BCUT2D eigenvalue weighted by Crippen LogP contribution is 2.67. The Bertz CT molecular complexity index is 972. The Kier molecular flexibility index (Phi) is 6.34. The Morgan fingerprint density at radius 2 is 1.92 bits per heavy atom. The highest BCUT2D eigenvalue weighted by Gasteiger charge is 2.59. The second-order valence-electron chi connectivity index (χ2n) is 14.1. The van der Waals surface area contributed by atoms with E-state index in [9.17, 15) is 14.7 Å². The molecule has 206 valence electrons. The van der Waals surface area contributed by atoms with E-state index in [-0.39, 0.29) is 17.9 Å². The van der Waals surface area contributed by atoms with Gasteiger partial charge >= 0.3 is 0 Å². The van der Waals surface area contributed by atoms with Crippen molar-refractivity contribution < 1.29 is 19.4 Å². The second-order valence-corrected chi connectivity index (χ2v) is 14.1. The van der Waals surface area contributed by atoms with Crippen LogP contribution in [0.1, 0.15) is 91.9 Å². The van der Waals surface area contributed by atoms with Gasteiger partial charge < -0.3 is 19.6 Å². The van der Waals surface area contributed by atoms with Gasteiger partial charge in [-0.2, -0.15) is 0 Å². The summed E-state index contributed by atoms with van der Waals surface area (Å²) >= 11 is 0. The molecule has 37 heavy (non-hydrogen) atoms. The summed E-state index contributed by atoms with van der Waals surface area (Å²) in [6, 6.07) is 0. The monoisotopic (exact) mass is 512 g/mol. The number of ether oxygens (including phenoxy) is 1. The van der Waals surface area contributed by atoms with E-state index in [0.717, 1.165) is 43.4 Å². The summed E-state index contributed by atoms with van der Waals surface area (Å²) in [5.74, 6) is 3.87. The fraction of sp³-hybridized carbons (Fsp3) is 0.871. The Morgan fingerprint density at radius 1 is 1.14 bits per heavy atom. The molecular weight excluding hydrogens is 464 g/mol. The summed E-state index contributed by atoms with van der Waals surface area (Å²) < 4.78 is 5.89. The van der Waals surface area contributed by atoms with Crippen molar-refractivity contribution in [3.05, 3.63) is 11.6 Å². The van der Waals surface area contributed by atoms with Crippen molar-refractivity contribution in [3.63, 3.8) is 0 Å². The predicted molar refractivity (Wildman–Crippen MR) is 142 cm³/mol. The van der Waals surface area contributed by atoms with Crippen LogP contribution in [0.5, 0.6) is 0 Å². The maximum atomic E-state index is 13.0. The van der Waals surface area contributed by atoms with Gasteiger partial charge in [-0.25, -0.2) is 0 Å². The van der Waals surface area contributed by atoms with E-state index in [4.69, 9.17) is 4.74 Å². The van der Waals surface area contributed by atoms with Gasteiger partial charge in [0, 0.05) is 19.9 Å². The van der Waals surface area contributed by atoms with Crippen molar-refractivity contribution in [2.45, 2.75) is 104 Å². The van der Waals surface area contributed by atoms with Gasteiger partial charge in [-0.3, -0.25) is 9.59 Å². The van der Waals surface area contributed by atoms with Crippen LogP contribution in [0.2, 0.25) is 0 Å². The van der Waals surface area contributed by atoms with Crippen LogP contribution < -0.4 is 0 Å². The number of aliphatic hydroxyl groups is 1. The quantitative estimate of drug-likeness (QED) is 0.552. The zero-order valence-electron chi connectivity index (χ0n) is 23.5. The fourth-order valence-corrected chi connectivity index (χ4v) is 10.4. The second kappa shape index (κ2) is 9.08. The first-order valence-electron chi connectivity index (χ1n) is 15.1. The van der Waals surface area contributed by atoms with Gasteiger partial charge in [0.2, 0.25) is 11.8 Å². The molecular formula is C31H48N2O4. The number of hydrogen-bond donors (Lipinski definition) is 1. The lowest BCUT2D eigenvalue weighted by atomic mass is 9.47. The number of aliphatic hydroxyl groups excluding tert-OH is 1. The Hall–Kier alpha value is -1.40. The molecule has 6 rings (SSSR count). The lowest BCUT2D eigenvalue weighted by Crippen LogP contribution is -2.70.